The molecule has 7 heteroatoms. The summed E-state index contributed by atoms with van der Waals surface area (Å²) in [5, 5.41) is 8.62. The molecule has 0 amide bonds. The van der Waals surface area contributed by atoms with Gasteiger partial charge in [-0.2, -0.15) is 0 Å². The Morgan fingerprint density at radius 1 is 1.24 bits per heavy atom. The highest BCUT2D eigenvalue weighted by Crippen LogP contribution is 2.18. The average Bonchev–Trinajstić information content (AvgIpc) is 3.05. The van der Waals surface area contributed by atoms with Crippen molar-refractivity contribution in [2.45, 2.75) is 19.9 Å². The highest BCUT2D eigenvalue weighted by molar-refractivity contribution is 14.0. The standard InChI is InChI=1S/C18H25FN4S.HI/c1-4-20-18(21-10-9-15-6-5-11-24-15)22-13-14-7-8-17(23(2)3)16(19)12-14;/h5-8,11-12H,4,9-10,13H2,1-3H3,(H2,20,21,22);1H. The van der Waals surface area contributed by atoms with Crippen LogP contribution in [-0.2, 0) is 13.0 Å². The highest BCUT2D eigenvalue weighted by Gasteiger charge is 2.05. The van der Waals surface area contributed by atoms with Crippen molar-refractivity contribution in [1.29, 1.82) is 0 Å². The van der Waals surface area contributed by atoms with Crippen LogP contribution in [0.2, 0.25) is 0 Å². The molecule has 0 spiro atoms. The molecule has 1 heterocycles. The molecule has 0 saturated carbocycles. The molecule has 2 aromatic rings. The van der Waals surface area contributed by atoms with E-state index in [-0.39, 0.29) is 29.8 Å². The lowest BCUT2D eigenvalue weighted by Gasteiger charge is -2.14. The summed E-state index contributed by atoms with van der Waals surface area (Å²) >= 11 is 1.76. The topological polar surface area (TPSA) is 39.7 Å². The normalized spacial score (nSPS) is 11.0. The number of hydrogen-bond donors (Lipinski definition) is 2. The van der Waals surface area contributed by atoms with Crippen LogP contribution in [0.25, 0.3) is 0 Å². The highest BCUT2D eigenvalue weighted by atomic mass is 127. The molecule has 2 rings (SSSR count). The molecule has 0 fully saturated rings. The Morgan fingerprint density at radius 3 is 2.64 bits per heavy atom. The number of aliphatic imine (C=N–C) groups is 1. The molecule has 0 bridgehead atoms. The van der Waals surface area contributed by atoms with Gasteiger partial charge in [0.15, 0.2) is 5.96 Å². The molecule has 0 saturated heterocycles. The summed E-state index contributed by atoms with van der Waals surface area (Å²) in [7, 11) is 3.66. The summed E-state index contributed by atoms with van der Waals surface area (Å²) in [6.45, 7) is 4.08. The fourth-order valence-electron chi connectivity index (χ4n) is 2.28. The van der Waals surface area contributed by atoms with Crippen molar-refractivity contribution in [1.82, 2.24) is 10.6 Å². The second kappa shape index (κ2) is 11.3. The average molecular weight is 476 g/mol. The van der Waals surface area contributed by atoms with E-state index in [0.717, 1.165) is 31.0 Å². The van der Waals surface area contributed by atoms with E-state index in [1.807, 2.05) is 27.1 Å². The minimum absolute atomic E-state index is 0. The van der Waals surface area contributed by atoms with Gasteiger partial charge in [0, 0.05) is 32.1 Å². The molecule has 25 heavy (non-hydrogen) atoms. The Bertz CT molecular complexity index is 659. The van der Waals surface area contributed by atoms with Gasteiger partial charge in [-0.05, 0) is 42.5 Å². The maximum Gasteiger partial charge on any atom is 0.191 e. The minimum atomic E-state index is -0.219. The number of guanidine groups is 1. The van der Waals surface area contributed by atoms with E-state index in [0.29, 0.717) is 12.2 Å². The van der Waals surface area contributed by atoms with Gasteiger partial charge in [-0.1, -0.05) is 12.1 Å². The molecule has 2 N–H and O–H groups in total. The molecule has 0 aliphatic rings. The predicted molar refractivity (Wildman–Crippen MR) is 117 cm³/mol. The lowest BCUT2D eigenvalue weighted by Crippen LogP contribution is -2.38. The molecule has 138 valence electrons. The Kier molecular flexibility index (Phi) is 9.81. The van der Waals surface area contributed by atoms with Crippen LogP contribution in [-0.4, -0.2) is 33.1 Å². The second-order valence-electron chi connectivity index (χ2n) is 5.63. The maximum absolute atomic E-state index is 14.0. The van der Waals surface area contributed by atoms with Crippen molar-refractivity contribution in [2.24, 2.45) is 4.99 Å². The molecule has 0 atom stereocenters. The van der Waals surface area contributed by atoms with Gasteiger partial charge >= 0.3 is 0 Å². The number of anilines is 1. The number of halogens is 2. The Balaban J connectivity index is 0.00000312. The first-order valence-corrected chi connectivity index (χ1v) is 8.98. The number of hydrogen-bond acceptors (Lipinski definition) is 3. The molecule has 0 aliphatic heterocycles. The molecule has 4 nitrogen and oxygen atoms in total. The van der Waals surface area contributed by atoms with Gasteiger partial charge in [0.05, 0.1) is 12.2 Å². The van der Waals surface area contributed by atoms with Crippen molar-refractivity contribution in [2.75, 3.05) is 32.1 Å². The van der Waals surface area contributed by atoms with Crippen LogP contribution in [0.1, 0.15) is 17.4 Å². The van der Waals surface area contributed by atoms with Crippen molar-refractivity contribution >= 4 is 47.0 Å². The van der Waals surface area contributed by atoms with E-state index in [1.165, 1.54) is 4.88 Å². The smallest absolute Gasteiger partial charge is 0.191 e. The van der Waals surface area contributed by atoms with Crippen molar-refractivity contribution < 1.29 is 4.39 Å². The zero-order valence-electron chi connectivity index (χ0n) is 14.9. The van der Waals surface area contributed by atoms with Gasteiger partial charge in [0.25, 0.3) is 0 Å². The summed E-state index contributed by atoms with van der Waals surface area (Å²) in [6, 6.07) is 9.44. The Labute approximate surface area is 170 Å². The fourth-order valence-corrected chi connectivity index (χ4v) is 2.99. The van der Waals surface area contributed by atoms with E-state index in [4.69, 9.17) is 0 Å². The van der Waals surface area contributed by atoms with Gasteiger partial charge in [0.2, 0.25) is 0 Å². The lowest BCUT2D eigenvalue weighted by molar-refractivity contribution is 0.624. The number of nitrogens with zero attached hydrogens (tertiary/aromatic N) is 2. The van der Waals surface area contributed by atoms with Crippen LogP contribution in [0.5, 0.6) is 0 Å². The van der Waals surface area contributed by atoms with Gasteiger partial charge in [-0.3, -0.25) is 0 Å². The third kappa shape index (κ3) is 7.19. The Hall–Kier alpha value is -1.35. The van der Waals surface area contributed by atoms with E-state index in [1.54, 1.807) is 28.4 Å². The van der Waals surface area contributed by atoms with Crippen molar-refractivity contribution in [3.63, 3.8) is 0 Å². The van der Waals surface area contributed by atoms with Crippen LogP contribution in [0.15, 0.2) is 40.7 Å². The summed E-state index contributed by atoms with van der Waals surface area (Å²) in [5.74, 6) is 0.537. The number of thiophene rings is 1. The zero-order valence-corrected chi connectivity index (χ0v) is 18.0. The number of benzene rings is 1. The monoisotopic (exact) mass is 476 g/mol. The molecule has 1 aromatic heterocycles. The maximum atomic E-state index is 14.0. The molecule has 0 aliphatic carbocycles. The van der Waals surface area contributed by atoms with Crippen molar-refractivity contribution in [3.05, 3.63) is 52.0 Å². The quantitative estimate of drug-likeness (QED) is 0.362. The number of nitrogens with one attached hydrogen (secondary N) is 2. The first-order valence-electron chi connectivity index (χ1n) is 8.10. The molecule has 0 unspecified atom stereocenters. The lowest BCUT2D eigenvalue weighted by atomic mass is 10.2. The van der Waals surface area contributed by atoms with Crippen LogP contribution >= 0.6 is 35.3 Å². The molecular formula is C18H26FIN4S. The van der Waals surface area contributed by atoms with Crippen LogP contribution in [0.3, 0.4) is 0 Å². The Morgan fingerprint density at radius 2 is 2.04 bits per heavy atom. The van der Waals surface area contributed by atoms with Gasteiger partial charge in [-0.15, -0.1) is 35.3 Å². The first-order chi connectivity index (χ1) is 11.6. The van der Waals surface area contributed by atoms with E-state index in [9.17, 15) is 4.39 Å². The predicted octanol–water partition coefficient (Wildman–Crippen LogP) is 3.87. The van der Waals surface area contributed by atoms with Crippen LogP contribution in [0.4, 0.5) is 10.1 Å². The fraction of sp³-hybridized carbons (Fsp3) is 0.389. The van der Waals surface area contributed by atoms with E-state index in [2.05, 4.69) is 33.1 Å². The number of rotatable bonds is 7. The van der Waals surface area contributed by atoms with Crippen LogP contribution < -0.4 is 15.5 Å². The van der Waals surface area contributed by atoms with Gasteiger partial charge < -0.3 is 15.5 Å². The zero-order chi connectivity index (χ0) is 17.4. The summed E-state index contributed by atoms with van der Waals surface area (Å²) < 4.78 is 14.0. The summed E-state index contributed by atoms with van der Waals surface area (Å²) in [6.07, 6.45) is 0.967. The van der Waals surface area contributed by atoms with Gasteiger partial charge in [-0.25, -0.2) is 9.38 Å². The first kappa shape index (κ1) is 21.7. The molecular weight excluding hydrogens is 450 g/mol. The second-order valence-corrected chi connectivity index (χ2v) is 6.66. The molecule has 0 radical (unpaired) electrons. The third-order valence-electron chi connectivity index (χ3n) is 3.50. The summed E-state index contributed by atoms with van der Waals surface area (Å²) in [4.78, 5) is 7.65. The van der Waals surface area contributed by atoms with Crippen LogP contribution in [0, 0.1) is 5.82 Å². The van der Waals surface area contributed by atoms with E-state index >= 15 is 0 Å². The van der Waals surface area contributed by atoms with E-state index < -0.39 is 0 Å². The largest absolute Gasteiger partial charge is 0.375 e. The minimum Gasteiger partial charge on any atom is -0.375 e. The third-order valence-corrected chi connectivity index (χ3v) is 4.44. The van der Waals surface area contributed by atoms with Gasteiger partial charge in [0.1, 0.15) is 5.82 Å². The van der Waals surface area contributed by atoms with Crippen molar-refractivity contribution in [3.8, 4) is 0 Å². The summed E-state index contributed by atoms with van der Waals surface area (Å²) in [5.41, 5.74) is 1.44. The SMILES string of the molecule is CCNC(=NCc1ccc(N(C)C)c(F)c1)NCCc1cccs1.I. The molecule has 1 aromatic carbocycles.